The molecule has 0 aliphatic rings. The first-order valence-corrected chi connectivity index (χ1v) is 6.78. The highest BCUT2D eigenvalue weighted by molar-refractivity contribution is 7.99. The molecule has 4 heteroatoms. The van der Waals surface area contributed by atoms with Gasteiger partial charge in [0.15, 0.2) is 0 Å². The van der Waals surface area contributed by atoms with Crippen LogP contribution in [0.15, 0.2) is 41.4 Å². The van der Waals surface area contributed by atoms with Crippen LogP contribution in [-0.2, 0) is 6.54 Å². The Kier molecular flexibility index (Phi) is 4.09. The molecule has 0 saturated carbocycles. The predicted molar refractivity (Wildman–Crippen MR) is 73.2 cm³/mol. The minimum atomic E-state index is 0.735. The van der Waals surface area contributed by atoms with Crippen molar-refractivity contribution in [1.82, 2.24) is 9.78 Å². The average Bonchev–Trinajstić information content (AvgIpc) is 2.70. The maximum absolute atomic E-state index is 6.07. The van der Waals surface area contributed by atoms with Crippen LogP contribution >= 0.6 is 11.8 Å². The second-order valence-corrected chi connectivity index (χ2v) is 5.02. The molecule has 90 valence electrons. The van der Waals surface area contributed by atoms with Crippen molar-refractivity contribution in [3.05, 3.63) is 42.1 Å². The zero-order valence-corrected chi connectivity index (χ0v) is 10.8. The molecule has 0 saturated heterocycles. The summed E-state index contributed by atoms with van der Waals surface area (Å²) < 4.78 is 1.85. The van der Waals surface area contributed by atoms with Crippen LogP contribution in [0.1, 0.15) is 18.9 Å². The third kappa shape index (κ3) is 3.03. The molecule has 2 aromatic rings. The number of nitrogens with zero attached hydrogens (tertiary/aromatic N) is 2. The van der Waals surface area contributed by atoms with E-state index < -0.39 is 0 Å². The molecule has 1 aromatic carbocycles. The molecule has 0 atom stereocenters. The van der Waals surface area contributed by atoms with E-state index in [1.165, 1.54) is 5.56 Å². The largest absolute Gasteiger partial charge is 0.383 e. The van der Waals surface area contributed by atoms with Crippen molar-refractivity contribution < 1.29 is 0 Å². The van der Waals surface area contributed by atoms with Crippen LogP contribution in [0.3, 0.4) is 0 Å². The SMILES string of the molecule is CCCSc1cnn(Cc2ccccc2)c1N. The van der Waals surface area contributed by atoms with E-state index in [4.69, 9.17) is 5.73 Å². The third-order valence-electron chi connectivity index (χ3n) is 2.48. The Labute approximate surface area is 106 Å². The molecule has 3 nitrogen and oxygen atoms in total. The smallest absolute Gasteiger partial charge is 0.135 e. The first-order valence-electron chi connectivity index (χ1n) is 5.79. The molecule has 0 bridgehead atoms. The molecule has 0 spiro atoms. The van der Waals surface area contributed by atoms with Gasteiger partial charge in [-0.2, -0.15) is 5.10 Å². The van der Waals surface area contributed by atoms with E-state index in [0.29, 0.717) is 0 Å². The summed E-state index contributed by atoms with van der Waals surface area (Å²) in [5.74, 6) is 1.86. The zero-order valence-electron chi connectivity index (χ0n) is 9.97. The summed E-state index contributed by atoms with van der Waals surface area (Å²) in [6.45, 7) is 2.90. The maximum Gasteiger partial charge on any atom is 0.135 e. The normalized spacial score (nSPS) is 10.6. The molecule has 0 aliphatic carbocycles. The number of benzene rings is 1. The number of rotatable bonds is 5. The van der Waals surface area contributed by atoms with Gasteiger partial charge in [0.2, 0.25) is 0 Å². The summed E-state index contributed by atoms with van der Waals surface area (Å²) in [4.78, 5) is 1.09. The Morgan fingerprint density at radius 1 is 1.29 bits per heavy atom. The van der Waals surface area contributed by atoms with Gasteiger partial charge in [0.25, 0.3) is 0 Å². The second kappa shape index (κ2) is 5.77. The minimum absolute atomic E-state index is 0.735. The average molecular weight is 247 g/mol. The van der Waals surface area contributed by atoms with Gasteiger partial charge in [0, 0.05) is 0 Å². The van der Waals surface area contributed by atoms with E-state index in [0.717, 1.165) is 29.4 Å². The van der Waals surface area contributed by atoms with Crippen LogP contribution in [0.2, 0.25) is 0 Å². The fourth-order valence-electron chi connectivity index (χ4n) is 1.58. The molecule has 1 aromatic heterocycles. The van der Waals surface area contributed by atoms with Crippen LogP contribution in [0.4, 0.5) is 5.82 Å². The lowest BCUT2D eigenvalue weighted by Crippen LogP contribution is -2.05. The van der Waals surface area contributed by atoms with E-state index in [1.54, 1.807) is 11.8 Å². The summed E-state index contributed by atoms with van der Waals surface area (Å²) in [5.41, 5.74) is 7.29. The van der Waals surface area contributed by atoms with Crippen LogP contribution in [-0.4, -0.2) is 15.5 Å². The van der Waals surface area contributed by atoms with E-state index >= 15 is 0 Å². The number of nitrogens with two attached hydrogens (primary N) is 1. The molecule has 0 radical (unpaired) electrons. The lowest BCUT2D eigenvalue weighted by Gasteiger charge is -2.05. The van der Waals surface area contributed by atoms with Gasteiger partial charge in [-0.15, -0.1) is 11.8 Å². The minimum Gasteiger partial charge on any atom is -0.383 e. The molecular formula is C13H17N3S. The van der Waals surface area contributed by atoms with Crippen molar-refractivity contribution in [2.45, 2.75) is 24.8 Å². The molecule has 1 heterocycles. The molecule has 0 unspecified atom stereocenters. The number of nitrogen functional groups attached to an aromatic ring is 1. The highest BCUT2D eigenvalue weighted by Gasteiger charge is 2.07. The highest BCUT2D eigenvalue weighted by Crippen LogP contribution is 2.25. The molecule has 0 fully saturated rings. The number of thioether (sulfide) groups is 1. The van der Waals surface area contributed by atoms with Crippen molar-refractivity contribution in [2.24, 2.45) is 0 Å². The molecule has 0 amide bonds. The first kappa shape index (κ1) is 12.0. The van der Waals surface area contributed by atoms with Gasteiger partial charge in [-0.3, -0.25) is 0 Å². The van der Waals surface area contributed by atoms with Gasteiger partial charge in [-0.1, -0.05) is 37.3 Å². The summed E-state index contributed by atoms with van der Waals surface area (Å²) in [6.07, 6.45) is 3.01. The first-order chi connectivity index (χ1) is 8.31. The van der Waals surface area contributed by atoms with Crippen LogP contribution in [0.25, 0.3) is 0 Å². The third-order valence-corrected chi connectivity index (χ3v) is 3.72. The monoisotopic (exact) mass is 247 g/mol. The quantitative estimate of drug-likeness (QED) is 0.826. The zero-order chi connectivity index (χ0) is 12.1. The van der Waals surface area contributed by atoms with E-state index in [2.05, 4.69) is 24.2 Å². The Hall–Kier alpha value is -1.42. The lowest BCUT2D eigenvalue weighted by atomic mass is 10.2. The Bertz CT molecular complexity index is 465. The van der Waals surface area contributed by atoms with Gasteiger partial charge in [-0.05, 0) is 17.7 Å². The van der Waals surface area contributed by atoms with E-state index in [9.17, 15) is 0 Å². The molecule has 0 aliphatic heterocycles. The molecule has 17 heavy (non-hydrogen) atoms. The standard InChI is InChI=1S/C13H17N3S/c1-2-8-17-12-9-15-16(13(12)14)10-11-6-4-3-5-7-11/h3-7,9H,2,8,10,14H2,1H3. The van der Waals surface area contributed by atoms with Gasteiger partial charge in [0.1, 0.15) is 5.82 Å². The number of hydrogen-bond donors (Lipinski definition) is 1. The van der Waals surface area contributed by atoms with Crippen molar-refractivity contribution in [3.8, 4) is 0 Å². The van der Waals surface area contributed by atoms with Crippen LogP contribution < -0.4 is 5.73 Å². The Morgan fingerprint density at radius 2 is 2.06 bits per heavy atom. The van der Waals surface area contributed by atoms with Gasteiger partial charge >= 0.3 is 0 Å². The van der Waals surface area contributed by atoms with Gasteiger partial charge in [-0.25, -0.2) is 4.68 Å². The predicted octanol–water partition coefficient (Wildman–Crippen LogP) is 3.02. The number of anilines is 1. The highest BCUT2D eigenvalue weighted by atomic mass is 32.2. The number of hydrogen-bond acceptors (Lipinski definition) is 3. The Morgan fingerprint density at radius 3 is 2.76 bits per heavy atom. The fourth-order valence-corrected chi connectivity index (χ4v) is 2.38. The number of aromatic nitrogens is 2. The second-order valence-electron chi connectivity index (χ2n) is 3.89. The molecular weight excluding hydrogens is 230 g/mol. The molecule has 2 rings (SSSR count). The van der Waals surface area contributed by atoms with Crippen molar-refractivity contribution in [3.63, 3.8) is 0 Å². The molecule has 2 N–H and O–H groups in total. The van der Waals surface area contributed by atoms with Crippen LogP contribution in [0, 0.1) is 0 Å². The lowest BCUT2D eigenvalue weighted by molar-refractivity contribution is 0.696. The van der Waals surface area contributed by atoms with E-state index in [1.807, 2.05) is 29.1 Å². The van der Waals surface area contributed by atoms with Crippen molar-refractivity contribution >= 4 is 17.6 Å². The summed E-state index contributed by atoms with van der Waals surface area (Å²) in [7, 11) is 0. The summed E-state index contributed by atoms with van der Waals surface area (Å²) >= 11 is 1.77. The fraction of sp³-hybridized carbons (Fsp3) is 0.308. The van der Waals surface area contributed by atoms with Crippen molar-refractivity contribution in [2.75, 3.05) is 11.5 Å². The van der Waals surface area contributed by atoms with Gasteiger partial charge in [0.05, 0.1) is 17.6 Å². The summed E-state index contributed by atoms with van der Waals surface area (Å²) in [6, 6.07) is 10.2. The van der Waals surface area contributed by atoms with Gasteiger partial charge < -0.3 is 5.73 Å². The van der Waals surface area contributed by atoms with Crippen molar-refractivity contribution in [1.29, 1.82) is 0 Å². The Balaban J connectivity index is 2.09. The van der Waals surface area contributed by atoms with E-state index in [-0.39, 0.29) is 0 Å². The van der Waals surface area contributed by atoms with Crippen LogP contribution in [0.5, 0.6) is 0 Å². The summed E-state index contributed by atoms with van der Waals surface area (Å²) in [5, 5.41) is 4.33. The topological polar surface area (TPSA) is 43.8 Å². The maximum atomic E-state index is 6.07.